The van der Waals surface area contributed by atoms with E-state index >= 15 is 0 Å². The first-order chi connectivity index (χ1) is 9.06. The third kappa shape index (κ3) is 3.52. The summed E-state index contributed by atoms with van der Waals surface area (Å²) in [5.41, 5.74) is 7.30. The zero-order valence-electron chi connectivity index (χ0n) is 9.81. The molecule has 0 fully saturated rings. The van der Waals surface area contributed by atoms with Crippen molar-refractivity contribution in [1.29, 1.82) is 0 Å². The second kappa shape index (κ2) is 5.81. The van der Waals surface area contributed by atoms with Crippen LogP contribution < -0.4 is 16.4 Å². The van der Waals surface area contributed by atoms with Gasteiger partial charge in [0.15, 0.2) is 0 Å². The second-order valence-corrected chi connectivity index (χ2v) is 5.19. The van der Waals surface area contributed by atoms with Gasteiger partial charge >= 0.3 is 6.09 Å². The lowest BCUT2D eigenvalue weighted by atomic mass is 10.2. The molecule has 2 aromatic rings. The Balaban J connectivity index is 2.04. The summed E-state index contributed by atoms with van der Waals surface area (Å²) in [5, 5.41) is 16.7. The van der Waals surface area contributed by atoms with Gasteiger partial charge in [-0.15, -0.1) is 11.3 Å². The van der Waals surface area contributed by atoms with Gasteiger partial charge in [0.05, 0.1) is 22.9 Å². The fraction of sp³-hybridized carbons (Fsp3) is 0.0833. The molecule has 0 aliphatic heterocycles. The van der Waals surface area contributed by atoms with Gasteiger partial charge in [0.25, 0.3) is 0 Å². The van der Waals surface area contributed by atoms with Gasteiger partial charge in [-0.1, -0.05) is 11.6 Å². The van der Waals surface area contributed by atoms with Crippen molar-refractivity contribution in [2.24, 2.45) is 0 Å². The molecule has 100 valence electrons. The lowest BCUT2D eigenvalue weighted by molar-refractivity contribution is 0.210. The summed E-state index contributed by atoms with van der Waals surface area (Å²) in [5.74, 6) is 0. The maximum Gasteiger partial charge on any atom is 0.409 e. The maximum atomic E-state index is 10.5. The van der Waals surface area contributed by atoms with Crippen LogP contribution in [0.2, 0.25) is 5.02 Å². The molecule has 1 aromatic heterocycles. The lowest BCUT2D eigenvalue weighted by Gasteiger charge is -2.09. The molecule has 19 heavy (non-hydrogen) atoms. The Morgan fingerprint density at radius 3 is 2.79 bits per heavy atom. The summed E-state index contributed by atoms with van der Waals surface area (Å²) in [7, 11) is 0. The summed E-state index contributed by atoms with van der Waals surface area (Å²) < 4.78 is 0. The van der Waals surface area contributed by atoms with Crippen molar-refractivity contribution in [3.8, 4) is 0 Å². The van der Waals surface area contributed by atoms with Crippen LogP contribution in [0.4, 0.5) is 21.9 Å². The quantitative estimate of drug-likeness (QED) is 0.648. The summed E-state index contributed by atoms with van der Waals surface area (Å²) in [4.78, 5) is 11.6. The van der Waals surface area contributed by atoms with Crippen molar-refractivity contribution < 1.29 is 9.90 Å². The zero-order valence-corrected chi connectivity index (χ0v) is 11.4. The van der Waals surface area contributed by atoms with Crippen LogP contribution in [0, 0.1) is 0 Å². The Kier molecular flexibility index (Phi) is 4.13. The number of thiophene rings is 1. The van der Waals surface area contributed by atoms with E-state index < -0.39 is 6.09 Å². The van der Waals surface area contributed by atoms with Gasteiger partial charge in [0.1, 0.15) is 0 Å². The predicted octanol–water partition coefficient (Wildman–Crippen LogP) is 3.69. The summed E-state index contributed by atoms with van der Waals surface area (Å²) >= 11 is 7.56. The highest BCUT2D eigenvalue weighted by molar-refractivity contribution is 7.10. The molecule has 0 atom stereocenters. The number of hydrogen-bond donors (Lipinski definition) is 4. The number of hydrogen-bond acceptors (Lipinski definition) is 4. The Morgan fingerprint density at radius 1 is 1.42 bits per heavy atom. The fourth-order valence-corrected chi connectivity index (χ4v) is 2.58. The molecule has 1 heterocycles. The van der Waals surface area contributed by atoms with Gasteiger partial charge in [-0.25, -0.2) is 4.79 Å². The number of halogens is 1. The molecule has 0 spiro atoms. The van der Waals surface area contributed by atoms with E-state index in [0.717, 1.165) is 15.6 Å². The molecular formula is C12H12ClN3O2S. The first-order valence-electron chi connectivity index (χ1n) is 5.41. The van der Waals surface area contributed by atoms with Crippen LogP contribution in [0.15, 0.2) is 29.6 Å². The molecule has 1 amide bonds. The minimum Gasteiger partial charge on any atom is -0.465 e. The monoisotopic (exact) mass is 297 g/mol. The number of nitrogens with two attached hydrogens (primary N) is 1. The number of nitrogens with one attached hydrogen (secondary N) is 2. The number of amides is 1. The normalized spacial score (nSPS) is 10.2. The molecule has 0 bridgehead atoms. The van der Waals surface area contributed by atoms with E-state index in [9.17, 15) is 4.79 Å². The number of nitrogen functional groups attached to an aromatic ring is 1. The Labute approximate surface area is 119 Å². The molecule has 5 N–H and O–H groups in total. The average Bonchev–Trinajstić information content (AvgIpc) is 2.75. The van der Waals surface area contributed by atoms with Gasteiger partial charge < -0.3 is 16.2 Å². The van der Waals surface area contributed by atoms with Crippen LogP contribution in [0.1, 0.15) is 4.88 Å². The fourth-order valence-electron chi connectivity index (χ4n) is 1.54. The van der Waals surface area contributed by atoms with Gasteiger partial charge in [-0.3, -0.25) is 5.32 Å². The highest BCUT2D eigenvalue weighted by Gasteiger charge is 2.05. The summed E-state index contributed by atoms with van der Waals surface area (Å²) in [6.45, 7) is 0.599. The topological polar surface area (TPSA) is 87.4 Å². The van der Waals surface area contributed by atoms with E-state index in [-0.39, 0.29) is 0 Å². The van der Waals surface area contributed by atoms with E-state index in [2.05, 4.69) is 10.6 Å². The molecule has 7 heteroatoms. The summed E-state index contributed by atoms with van der Waals surface area (Å²) in [6, 6.07) is 6.88. The van der Waals surface area contributed by atoms with Gasteiger partial charge in [-0.2, -0.15) is 0 Å². The van der Waals surface area contributed by atoms with Crippen molar-refractivity contribution in [2.45, 2.75) is 6.54 Å². The minimum atomic E-state index is -1.14. The maximum absolute atomic E-state index is 10.5. The van der Waals surface area contributed by atoms with Gasteiger partial charge in [0, 0.05) is 10.6 Å². The number of anilines is 3. The molecule has 0 radical (unpaired) electrons. The molecule has 1 aromatic carbocycles. The number of benzene rings is 1. The SMILES string of the molecule is Nc1cc(NCc2sccc2Cl)ccc1NC(=O)O. The summed E-state index contributed by atoms with van der Waals surface area (Å²) in [6.07, 6.45) is -1.14. The largest absolute Gasteiger partial charge is 0.465 e. The Hall–Kier alpha value is -1.92. The van der Waals surface area contributed by atoms with Crippen LogP contribution in [-0.4, -0.2) is 11.2 Å². The van der Waals surface area contributed by atoms with Crippen LogP contribution in [-0.2, 0) is 6.54 Å². The molecule has 2 rings (SSSR count). The van der Waals surface area contributed by atoms with Crippen LogP contribution in [0.3, 0.4) is 0 Å². The third-order valence-corrected chi connectivity index (χ3v) is 3.82. The van der Waals surface area contributed by atoms with E-state index in [0.29, 0.717) is 17.9 Å². The van der Waals surface area contributed by atoms with Crippen molar-refractivity contribution in [1.82, 2.24) is 0 Å². The van der Waals surface area contributed by atoms with E-state index in [4.69, 9.17) is 22.4 Å². The second-order valence-electron chi connectivity index (χ2n) is 3.78. The minimum absolute atomic E-state index is 0.365. The standard InChI is InChI=1S/C12H12ClN3O2S/c13-8-3-4-19-11(8)6-15-7-1-2-10(9(14)5-7)16-12(17)18/h1-5,15-16H,6,14H2,(H,17,18). The van der Waals surface area contributed by atoms with Crippen LogP contribution in [0.5, 0.6) is 0 Å². The number of carboxylic acid groups (broad SMARTS) is 1. The van der Waals surface area contributed by atoms with Gasteiger partial charge in [-0.05, 0) is 29.6 Å². The van der Waals surface area contributed by atoms with Crippen molar-refractivity contribution in [2.75, 3.05) is 16.4 Å². The number of rotatable bonds is 4. The molecule has 5 nitrogen and oxygen atoms in total. The number of carbonyl (C=O) groups is 1. The van der Waals surface area contributed by atoms with E-state index in [1.807, 2.05) is 11.4 Å². The molecule has 0 saturated heterocycles. The Morgan fingerprint density at radius 2 is 2.21 bits per heavy atom. The van der Waals surface area contributed by atoms with Gasteiger partial charge in [0.2, 0.25) is 0 Å². The zero-order chi connectivity index (χ0) is 13.8. The lowest BCUT2D eigenvalue weighted by Crippen LogP contribution is -2.09. The molecule has 0 unspecified atom stereocenters. The third-order valence-electron chi connectivity index (χ3n) is 2.44. The molecule has 0 saturated carbocycles. The predicted molar refractivity (Wildman–Crippen MR) is 79.2 cm³/mol. The average molecular weight is 298 g/mol. The first-order valence-corrected chi connectivity index (χ1v) is 6.67. The molecular weight excluding hydrogens is 286 g/mol. The van der Waals surface area contributed by atoms with Crippen LogP contribution >= 0.6 is 22.9 Å². The first kappa shape index (κ1) is 13.5. The Bertz CT molecular complexity index is 600. The van der Waals surface area contributed by atoms with E-state index in [1.54, 1.807) is 29.5 Å². The van der Waals surface area contributed by atoms with Crippen LogP contribution in [0.25, 0.3) is 0 Å². The molecule has 0 aliphatic carbocycles. The highest BCUT2D eigenvalue weighted by atomic mass is 35.5. The van der Waals surface area contributed by atoms with Crippen molar-refractivity contribution in [3.05, 3.63) is 39.5 Å². The van der Waals surface area contributed by atoms with E-state index in [1.165, 1.54) is 0 Å². The smallest absolute Gasteiger partial charge is 0.409 e. The van der Waals surface area contributed by atoms with Crippen molar-refractivity contribution in [3.63, 3.8) is 0 Å². The highest BCUT2D eigenvalue weighted by Crippen LogP contribution is 2.26. The molecule has 0 aliphatic rings. The van der Waals surface area contributed by atoms with Crippen molar-refractivity contribution >= 4 is 46.1 Å².